The standard InChI is InChI=1S/C12H11ClN4O4S/c1-16(8-3-5-9(6-4-8)22(2,20)21)12-10(17(18)19)11(13)14-7-15-12/h3-7H,1-2H3. The molecule has 0 N–H and O–H groups in total. The lowest BCUT2D eigenvalue weighted by Crippen LogP contribution is -2.14. The topological polar surface area (TPSA) is 106 Å². The maximum atomic E-state index is 11.4. The first-order valence-corrected chi connectivity index (χ1v) is 8.17. The molecule has 0 spiro atoms. The van der Waals surface area contributed by atoms with Crippen LogP contribution in [-0.4, -0.2) is 36.6 Å². The van der Waals surface area contributed by atoms with Crippen LogP contribution in [0.25, 0.3) is 0 Å². The number of rotatable bonds is 4. The molecule has 0 fully saturated rings. The Morgan fingerprint density at radius 1 is 1.23 bits per heavy atom. The largest absolute Gasteiger partial charge is 0.348 e. The summed E-state index contributed by atoms with van der Waals surface area (Å²) in [4.78, 5) is 19.5. The summed E-state index contributed by atoms with van der Waals surface area (Å²) >= 11 is 5.74. The van der Waals surface area contributed by atoms with Gasteiger partial charge in [-0.2, -0.15) is 0 Å². The van der Waals surface area contributed by atoms with Crippen LogP contribution >= 0.6 is 11.6 Å². The number of anilines is 2. The summed E-state index contributed by atoms with van der Waals surface area (Å²) in [7, 11) is -1.76. The molecule has 0 saturated carbocycles. The average Bonchev–Trinajstić information content (AvgIpc) is 2.45. The van der Waals surface area contributed by atoms with Crippen molar-refractivity contribution >= 4 is 38.6 Å². The third-order valence-corrected chi connectivity index (χ3v) is 4.32. The van der Waals surface area contributed by atoms with E-state index in [4.69, 9.17) is 11.6 Å². The predicted molar refractivity (Wildman–Crippen MR) is 81.3 cm³/mol. The van der Waals surface area contributed by atoms with Crippen LogP contribution in [-0.2, 0) is 9.84 Å². The molecule has 0 bridgehead atoms. The van der Waals surface area contributed by atoms with Gasteiger partial charge in [0.25, 0.3) is 0 Å². The smallest absolute Gasteiger partial charge is 0.324 e. The van der Waals surface area contributed by atoms with E-state index in [1.807, 2.05) is 0 Å². The highest BCUT2D eigenvalue weighted by Crippen LogP contribution is 2.34. The third kappa shape index (κ3) is 3.15. The molecule has 8 nitrogen and oxygen atoms in total. The highest BCUT2D eigenvalue weighted by atomic mass is 35.5. The molecule has 1 aromatic carbocycles. The first-order valence-electron chi connectivity index (χ1n) is 5.90. The van der Waals surface area contributed by atoms with E-state index in [0.29, 0.717) is 5.69 Å². The Kier molecular flexibility index (Phi) is 4.29. The summed E-state index contributed by atoms with van der Waals surface area (Å²) in [5, 5.41) is 10.8. The fourth-order valence-electron chi connectivity index (χ4n) is 1.79. The number of sulfone groups is 1. The van der Waals surface area contributed by atoms with Crippen LogP contribution in [0.3, 0.4) is 0 Å². The highest BCUT2D eigenvalue weighted by molar-refractivity contribution is 7.90. The number of aromatic nitrogens is 2. The summed E-state index contributed by atoms with van der Waals surface area (Å²) in [6.45, 7) is 0. The molecule has 0 atom stereocenters. The molecule has 0 unspecified atom stereocenters. The summed E-state index contributed by atoms with van der Waals surface area (Å²) < 4.78 is 22.9. The molecule has 10 heteroatoms. The number of hydrogen-bond donors (Lipinski definition) is 0. The van der Waals surface area contributed by atoms with E-state index in [0.717, 1.165) is 12.6 Å². The Morgan fingerprint density at radius 3 is 2.32 bits per heavy atom. The monoisotopic (exact) mass is 342 g/mol. The molecular formula is C12H11ClN4O4S. The van der Waals surface area contributed by atoms with Gasteiger partial charge in [-0.15, -0.1) is 0 Å². The Labute approximate surface area is 131 Å². The van der Waals surface area contributed by atoms with Gasteiger partial charge in [0.05, 0.1) is 9.82 Å². The summed E-state index contributed by atoms with van der Waals surface area (Å²) in [6, 6.07) is 5.87. The van der Waals surface area contributed by atoms with Gasteiger partial charge in [0, 0.05) is 19.0 Å². The molecule has 116 valence electrons. The van der Waals surface area contributed by atoms with Crippen LogP contribution < -0.4 is 4.90 Å². The van der Waals surface area contributed by atoms with Gasteiger partial charge in [0.1, 0.15) is 6.33 Å². The molecule has 2 rings (SSSR count). The molecule has 0 saturated heterocycles. The maximum Gasteiger partial charge on any atom is 0.348 e. The molecule has 2 aromatic rings. The zero-order chi connectivity index (χ0) is 16.5. The van der Waals surface area contributed by atoms with E-state index in [9.17, 15) is 18.5 Å². The van der Waals surface area contributed by atoms with E-state index in [-0.39, 0.29) is 15.9 Å². The SMILES string of the molecule is CN(c1ccc(S(C)(=O)=O)cc1)c1ncnc(Cl)c1[N+](=O)[O-]. The number of halogens is 1. The molecule has 0 radical (unpaired) electrons. The minimum absolute atomic E-state index is 0.0112. The van der Waals surface area contributed by atoms with Gasteiger partial charge in [-0.25, -0.2) is 18.4 Å². The molecule has 0 aliphatic rings. The fourth-order valence-corrected chi connectivity index (χ4v) is 2.62. The summed E-state index contributed by atoms with van der Waals surface area (Å²) in [5.74, 6) is 0.0112. The summed E-state index contributed by atoms with van der Waals surface area (Å²) in [5.41, 5.74) is 0.101. The Balaban J connectivity index is 2.47. The molecule has 0 aliphatic carbocycles. The Hall–Kier alpha value is -2.26. The van der Waals surface area contributed by atoms with Crippen LogP contribution in [0.1, 0.15) is 0 Å². The lowest BCUT2D eigenvalue weighted by atomic mass is 10.3. The Morgan fingerprint density at radius 2 is 1.82 bits per heavy atom. The normalized spacial score (nSPS) is 11.2. The van der Waals surface area contributed by atoms with Crippen molar-refractivity contribution in [3.8, 4) is 0 Å². The van der Waals surface area contributed by atoms with Gasteiger partial charge >= 0.3 is 5.69 Å². The number of nitrogens with zero attached hydrogens (tertiary/aromatic N) is 4. The average molecular weight is 343 g/mol. The zero-order valence-electron chi connectivity index (χ0n) is 11.6. The van der Waals surface area contributed by atoms with E-state index >= 15 is 0 Å². The fraction of sp³-hybridized carbons (Fsp3) is 0.167. The van der Waals surface area contributed by atoms with Crippen molar-refractivity contribution in [1.29, 1.82) is 0 Å². The Bertz CT molecular complexity index is 824. The molecule has 1 aromatic heterocycles. The molecule has 0 aliphatic heterocycles. The number of hydrogen-bond acceptors (Lipinski definition) is 7. The van der Waals surface area contributed by atoms with E-state index in [1.165, 1.54) is 29.2 Å². The van der Waals surface area contributed by atoms with Gasteiger partial charge in [-0.05, 0) is 24.3 Å². The number of benzene rings is 1. The van der Waals surface area contributed by atoms with Crippen molar-refractivity contribution in [2.45, 2.75) is 4.90 Å². The van der Waals surface area contributed by atoms with Gasteiger partial charge < -0.3 is 4.90 Å². The van der Waals surface area contributed by atoms with Gasteiger partial charge in [-0.1, -0.05) is 11.6 Å². The quantitative estimate of drug-likeness (QED) is 0.476. The maximum absolute atomic E-state index is 11.4. The van der Waals surface area contributed by atoms with Gasteiger partial charge in [0.2, 0.25) is 11.0 Å². The van der Waals surface area contributed by atoms with E-state index in [2.05, 4.69) is 9.97 Å². The van der Waals surface area contributed by atoms with Crippen molar-refractivity contribution in [2.75, 3.05) is 18.2 Å². The van der Waals surface area contributed by atoms with Crippen LogP contribution in [0, 0.1) is 10.1 Å². The van der Waals surface area contributed by atoms with Crippen LogP contribution in [0.2, 0.25) is 5.15 Å². The van der Waals surface area contributed by atoms with Crippen molar-refractivity contribution in [2.24, 2.45) is 0 Å². The van der Waals surface area contributed by atoms with E-state index < -0.39 is 20.4 Å². The molecular weight excluding hydrogens is 332 g/mol. The molecule has 1 heterocycles. The minimum Gasteiger partial charge on any atom is -0.324 e. The van der Waals surface area contributed by atoms with Gasteiger partial charge in [-0.3, -0.25) is 10.1 Å². The first-order chi connectivity index (χ1) is 10.2. The van der Waals surface area contributed by atoms with Crippen LogP contribution in [0.5, 0.6) is 0 Å². The van der Waals surface area contributed by atoms with Crippen LogP contribution in [0.4, 0.5) is 17.2 Å². The lowest BCUT2D eigenvalue weighted by molar-refractivity contribution is -0.384. The second kappa shape index (κ2) is 5.85. The predicted octanol–water partition coefficient (Wildman–Crippen LogP) is 2.21. The third-order valence-electron chi connectivity index (χ3n) is 2.91. The highest BCUT2D eigenvalue weighted by Gasteiger charge is 2.25. The van der Waals surface area contributed by atoms with Crippen molar-refractivity contribution in [3.63, 3.8) is 0 Å². The van der Waals surface area contributed by atoms with Crippen molar-refractivity contribution in [1.82, 2.24) is 9.97 Å². The number of nitro groups is 1. The molecule has 0 amide bonds. The van der Waals surface area contributed by atoms with Crippen LogP contribution in [0.15, 0.2) is 35.5 Å². The second-order valence-electron chi connectivity index (χ2n) is 4.42. The van der Waals surface area contributed by atoms with E-state index in [1.54, 1.807) is 7.05 Å². The summed E-state index contributed by atoms with van der Waals surface area (Å²) in [6.07, 6.45) is 2.22. The first kappa shape index (κ1) is 16.1. The van der Waals surface area contributed by atoms with Crippen molar-refractivity contribution < 1.29 is 13.3 Å². The van der Waals surface area contributed by atoms with Gasteiger partial charge in [0.15, 0.2) is 9.84 Å². The lowest BCUT2D eigenvalue weighted by Gasteiger charge is -2.18. The second-order valence-corrected chi connectivity index (χ2v) is 6.79. The minimum atomic E-state index is -3.31. The zero-order valence-corrected chi connectivity index (χ0v) is 13.2. The molecule has 22 heavy (non-hydrogen) atoms. The van der Waals surface area contributed by atoms with Crippen molar-refractivity contribution in [3.05, 3.63) is 45.9 Å².